The maximum Gasteiger partial charge on any atom is 0.269 e. The van der Waals surface area contributed by atoms with Gasteiger partial charge >= 0.3 is 0 Å². The SMILES string of the molecule is Cc1cc([N+](=O)[O-])ccc1NC(=O)C1CN(C(=O)c2ccc3c(c2)OCO3)C1. The molecule has 9 nitrogen and oxygen atoms in total. The number of likely N-dealkylation sites (tertiary alicyclic amines) is 1. The summed E-state index contributed by atoms with van der Waals surface area (Å²) in [6, 6.07) is 9.27. The van der Waals surface area contributed by atoms with E-state index in [9.17, 15) is 19.7 Å². The number of amides is 2. The molecule has 0 saturated carbocycles. The van der Waals surface area contributed by atoms with Gasteiger partial charge in [0.25, 0.3) is 11.6 Å². The number of carbonyl (C=O) groups is 2. The quantitative estimate of drug-likeness (QED) is 0.641. The molecule has 0 bridgehead atoms. The second-order valence-corrected chi connectivity index (χ2v) is 6.72. The average molecular weight is 383 g/mol. The van der Waals surface area contributed by atoms with Gasteiger partial charge in [-0.1, -0.05) is 0 Å². The van der Waals surface area contributed by atoms with Crippen molar-refractivity contribution in [1.82, 2.24) is 4.90 Å². The van der Waals surface area contributed by atoms with E-state index in [1.54, 1.807) is 30.0 Å². The summed E-state index contributed by atoms with van der Waals surface area (Å²) in [5.41, 5.74) is 1.58. The van der Waals surface area contributed by atoms with Crippen molar-refractivity contribution in [1.29, 1.82) is 0 Å². The van der Waals surface area contributed by atoms with Crippen LogP contribution in [0.4, 0.5) is 11.4 Å². The van der Waals surface area contributed by atoms with Crippen LogP contribution in [0.15, 0.2) is 36.4 Å². The lowest BCUT2D eigenvalue weighted by molar-refractivity contribution is -0.384. The van der Waals surface area contributed by atoms with Crippen LogP contribution in [0.25, 0.3) is 0 Å². The molecule has 0 unspecified atom stereocenters. The zero-order valence-electron chi connectivity index (χ0n) is 15.0. The normalized spacial score (nSPS) is 15.1. The number of nitrogens with one attached hydrogen (secondary N) is 1. The fourth-order valence-electron chi connectivity index (χ4n) is 3.16. The molecule has 4 rings (SSSR count). The smallest absolute Gasteiger partial charge is 0.269 e. The Hall–Kier alpha value is -3.62. The lowest BCUT2D eigenvalue weighted by Gasteiger charge is -2.38. The molecule has 2 aliphatic rings. The highest BCUT2D eigenvalue weighted by molar-refractivity contribution is 5.99. The molecule has 2 aliphatic heterocycles. The Bertz CT molecular complexity index is 984. The third-order valence-electron chi connectivity index (χ3n) is 4.84. The first kappa shape index (κ1) is 17.8. The molecule has 0 radical (unpaired) electrons. The average Bonchev–Trinajstić information content (AvgIpc) is 3.09. The highest BCUT2D eigenvalue weighted by Crippen LogP contribution is 2.33. The molecule has 2 aromatic rings. The van der Waals surface area contributed by atoms with E-state index in [1.807, 2.05) is 0 Å². The van der Waals surface area contributed by atoms with Gasteiger partial charge in [-0.05, 0) is 36.8 Å². The van der Waals surface area contributed by atoms with Crippen LogP contribution < -0.4 is 14.8 Å². The van der Waals surface area contributed by atoms with Crippen LogP contribution in [-0.2, 0) is 4.79 Å². The maximum atomic E-state index is 12.5. The van der Waals surface area contributed by atoms with E-state index < -0.39 is 4.92 Å². The summed E-state index contributed by atoms with van der Waals surface area (Å²) in [6.45, 7) is 2.45. The third-order valence-corrected chi connectivity index (χ3v) is 4.84. The molecule has 0 aromatic heterocycles. The number of ether oxygens (including phenoxy) is 2. The Morgan fingerprint density at radius 3 is 2.61 bits per heavy atom. The van der Waals surface area contributed by atoms with E-state index in [2.05, 4.69) is 5.32 Å². The molecular weight excluding hydrogens is 366 g/mol. The van der Waals surface area contributed by atoms with E-state index in [4.69, 9.17) is 9.47 Å². The molecule has 9 heteroatoms. The molecule has 28 heavy (non-hydrogen) atoms. The van der Waals surface area contributed by atoms with Crippen molar-refractivity contribution in [3.8, 4) is 11.5 Å². The lowest BCUT2D eigenvalue weighted by atomic mass is 9.97. The predicted molar refractivity (Wildman–Crippen MR) is 98.4 cm³/mol. The zero-order chi connectivity index (χ0) is 19.8. The van der Waals surface area contributed by atoms with Crippen LogP contribution in [0.2, 0.25) is 0 Å². The van der Waals surface area contributed by atoms with Gasteiger partial charge in [-0.3, -0.25) is 19.7 Å². The van der Waals surface area contributed by atoms with Gasteiger partial charge in [0.1, 0.15) is 0 Å². The van der Waals surface area contributed by atoms with Crippen LogP contribution >= 0.6 is 0 Å². The number of hydrogen-bond donors (Lipinski definition) is 1. The molecule has 1 saturated heterocycles. The Balaban J connectivity index is 1.35. The molecule has 0 aliphatic carbocycles. The van der Waals surface area contributed by atoms with Crippen LogP contribution in [0, 0.1) is 23.0 Å². The largest absolute Gasteiger partial charge is 0.454 e. The fourth-order valence-corrected chi connectivity index (χ4v) is 3.16. The number of nitrogens with zero attached hydrogens (tertiary/aromatic N) is 2. The van der Waals surface area contributed by atoms with E-state index in [0.29, 0.717) is 41.4 Å². The van der Waals surface area contributed by atoms with Crippen molar-refractivity contribution in [2.45, 2.75) is 6.92 Å². The summed E-state index contributed by atoms with van der Waals surface area (Å²) in [5, 5.41) is 13.6. The zero-order valence-corrected chi connectivity index (χ0v) is 15.0. The number of hydrogen-bond acceptors (Lipinski definition) is 6. The molecule has 144 valence electrons. The Labute approximate surface area is 160 Å². The van der Waals surface area contributed by atoms with Gasteiger partial charge in [-0.2, -0.15) is 0 Å². The summed E-state index contributed by atoms with van der Waals surface area (Å²) in [6.07, 6.45) is 0. The van der Waals surface area contributed by atoms with E-state index in [1.165, 1.54) is 18.2 Å². The molecule has 2 heterocycles. The van der Waals surface area contributed by atoms with Crippen molar-refractivity contribution >= 4 is 23.2 Å². The molecule has 2 amide bonds. The number of benzene rings is 2. The molecule has 0 atom stereocenters. The summed E-state index contributed by atoms with van der Waals surface area (Å²) >= 11 is 0. The molecule has 1 fully saturated rings. The van der Waals surface area contributed by atoms with Crippen LogP contribution in [0.3, 0.4) is 0 Å². The van der Waals surface area contributed by atoms with Crippen molar-refractivity contribution in [3.05, 3.63) is 57.6 Å². The van der Waals surface area contributed by atoms with E-state index >= 15 is 0 Å². The first-order chi connectivity index (χ1) is 13.4. The van der Waals surface area contributed by atoms with Gasteiger partial charge in [0.2, 0.25) is 12.7 Å². The number of aryl methyl sites for hydroxylation is 1. The maximum absolute atomic E-state index is 12.5. The summed E-state index contributed by atoms with van der Waals surface area (Å²) < 4.78 is 10.5. The second-order valence-electron chi connectivity index (χ2n) is 6.72. The number of nitro benzene ring substituents is 1. The first-order valence-electron chi connectivity index (χ1n) is 8.67. The first-order valence-corrected chi connectivity index (χ1v) is 8.67. The van der Waals surface area contributed by atoms with Gasteiger partial charge < -0.3 is 19.7 Å². The monoisotopic (exact) mass is 383 g/mol. The number of fused-ring (bicyclic) bond motifs is 1. The van der Waals surface area contributed by atoms with Crippen molar-refractivity contribution < 1.29 is 24.0 Å². The van der Waals surface area contributed by atoms with Crippen LogP contribution in [-0.4, -0.2) is 41.5 Å². The van der Waals surface area contributed by atoms with Crippen molar-refractivity contribution in [2.75, 3.05) is 25.2 Å². The third kappa shape index (κ3) is 3.22. The Kier molecular flexibility index (Phi) is 4.34. The van der Waals surface area contributed by atoms with Crippen molar-refractivity contribution in [2.24, 2.45) is 5.92 Å². The minimum absolute atomic E-state index is 0.0281. The van der Waals surface area contributed by atoms with Gasteiger partial charge in [0, 0.05) is 36.5 Å². The topological polar surface area (TPSA) is 111 Å². The minimum atomic E-state index is -0.482. The van der Waals surface area contributed by atoms with Crippen LogP contribution in [0.5, 0.6) is 11.5 Å². The number of non-ortho nitro benzene ring substituents is 1. The number of carbonyl (C=O) groups excluding carboxylic acids is 2. The highest BCUT2D eigenvalue weighted by atomic mass is 16.7. The molecule has 0 spiro atoms. The van der Waals surface area contributed by atoms with Crippen molar-refractivity contribution in [3.63, 3.8) is 0 Å². The van der Waals surface area contributed by atoms with E-state index in [0.717, 1.165) is 0 Å². The molecule has 1 N–H and O–H groups in total. The van der Waals surface area contributed by atoms with Crippen LogP contribution in [0.1, 0.15) is 15.9 Å². The standard InChI is InChI=1S/C19H17N3O6/c1-11-6-14(22(25)26)3-4-15(11)20-18(23)13-8-21(9-13)19(24)12-2-5-16-17(7-12)28-10-27-16/h2-7,13H,8-10H2,1H3,(H,20,23). The fraction of sp³-hybridized carbons (Fsp3) is 0.263. The number of nitro groups is 1. The Morgan fingerprint density at radius 2 is 1.89 bits per heavy atom. The van der Waals surface area contributed by atoms with Gasteiger partial charge in [-0.15, -0.1) is 0 Å². The van der Waals surface area contributed by atoms with Gasteiger partial charge in [-0.25, -0.2) is 0 Å². The predicted octanol–water partition coefficient (Wildman–Crippen LogP) is 2.34. The summed E-state index contributed by atoms with van der Waals surface area (Å²) in [4.78, 5) is 36.8. The van der Waals surface area contributed by atoms with E-state index in [-0.39, 0.29) is 30.2 Å². The highest BCUT2D eigenvalue weighted by Gasteiger charge is 2.36. The number of rotatable bonds is 4. The number of anilines is 1. The molecule has 2 aromatic carbocycles. The second kappa shape index (κ2) is 6.84. The summed E-state index contributed by atoms with van der Waals surface area (Å²) in [5.74, 6) is 0.429. The van der Waals surface area contributed by atoms with Gasteiger partial charge in [0.05, 0.1) is 10.8 Å². The Morgan fingerprint density at radius 1 is 1.14 bits per heavy atom. The minimum Gasteiger partial charge on any atom is -0.454 e. The summed E-state index contributed by atoms with van der Waals surface area (Å²) in [7, 11) is 0. The van der Waals surface area contributed by atoms with Gasteiger partial charge in [0.15, 0.2) is 11.5 Å². The molecular formula is C19H17N3O6. The lowest BCUT2D eigenvalue weighted by Crippen LogP contribution is -2.54.